The van der Waals surface area contributed by atoms with Crippen molar-refractivity contribution in [3.05, 3.63) is 65.0 Å². The van der Waals surface area contributed by atoms with Crippen LogP contribution in [-0.4, -0.2) is 5.97 Å². The van der Waals surface area contributed by atoms with Crippen molar-refractivity contribution in [3.63, 3.8) is 0 Å². The van der Waals surface area contributed by atoms with E-state index in [0.29, 0.717) is 16.5 Å². The predicted octanol–water partition coefficient (Wildman–Crippen LogP) is 3.39. The molecule has 0 saturated heterocycles. The van der Waals surface area contributed by atoms with E-state index in [1.807, 2.05) is 18.2 Å². The summed E-state index contributed by atoms with van der Waals surface area (Å²) in [5, 5.41) is 0.589. The second kappa shape index (κ2) is 5.25. The van der Waals surface area contributed by atoms with Gasteiger partial charge in [0.2, 0.25) is 0 Å². The lowest BCUT2D eigenvalue weighted by atomic mass is 10.0. The Bertz CT molecular complexity index is 863. The third-order valence-electron chi connectivity index (χ3n) is 3.07. The number of hydrogen-bond donors (Lipinski definition) is 0. The zero-order valence-corrected chi connectivity index (χ0v) is 11.3. The molecular formula is C17H12O4. The minimum atomic E-state index is -0.531. The van der Waals surface area contributed by atoms with Gasteiger partial charge in [0.15, 0.2) is 5.75 Å². The SMILES string of the molecule is CC(=O)Oc1c(-c2ccccc2)c(=O)oc2ccccc12. The number of benzene rings is 2. The maximum atomic E-state index is 12.3. The lowest BCUT2D eigenvalue weighted by molar-refractivity contribution is -0.131. The molecule has 0 unspecified atom stereocenters. The fraction of sp³-hybridized carbons (Fsp3) is 0.0588. The van der Waals surface area contributed by atoms with E-state index in [1.165, 1.54) is 6.92 Å². The summed E-state index contributed by atoms with van der Waals surface area (Å²) in [6.45, 7) is 1.30. The van der Waals surface area contributed by atoms with Gasteiger partial charge >= 0.3 is 11.6 Å². The van der Waals surface area contributed by atoms with Crippen LogP contribution in [-0.2, 0) is 4.79 Å². The lowest BCUT2D eigenvalue weighted by Gasteiger charge is -2.10. The molecule has 0 aliphatic carbocycles. The Morgan fingerprint density at radius 2 is 1.67 bits per heavy atom. The first-order valence-electron chi connectivity index (χ1n) is 6.46. The predicted molar refractivity (Wildman–Crippen MR) is 79.2 cm³/mol. The van der Waals surface area contributed by atoms with Gasteiger partial charge in [-0.05, 0) is 17.7 Å². The van der Waals surface area contributed by atoms with Crippen LogP contribution in [0.1, 0.15) is 6.92 Å². The average molecular weight is 280 g/mol. The van der Waals surface area contributed by atoms with Gasteiger partial charge in [-0.2, -0.15) is 0 Å². The molecule has 3 rings (SSSR count). The number of carbonyl (C=O) groups is 1. The van der Waals surface area contributed by atoms with E-state index in [0.717, 1.165) is 0 Å². The Morgan fingerprint density at radius 3 is 2.38 bits per heavy atom. The molecule has 104 valence electrons. The molecule has 21 heavy (non-hydrogen) atoms. The van der Waals surface area contributed by atoms with Crippen LogP contribution in [0.15, 0.2) is 63.8 Å². The third-order valence-corrected chi connectivity index (χ3v) is 3.07. The van der Waals surface area contributed by atoms with Gasteiger partial charge in [0.25, 0.3) is 0 Å². The Balaban J connectivity index is 2.40. The highest BCUT2D eigenvalue weighted by atomic mass is 16.5. The molecule has 0 radical (unpaired) electrons. The zero-order valence-electron chi connectivity index (χ0n) is 11.3. The molecule has 0 bridgehead atoms. The van der Waals surface area contributed by atoms with Crippen molar-refractivity contribution in [2.75, 3.05) is 0 Å². The van der Waals surface area contributed by atoms with E-state index in [2.05, 4.69) is 0 Å². The number of ether oxygens (including phenoxy) is 1. The molecule has 1 heterocycles. The molecule has 0 saturated carbocycles. The second-order valence-electron chi connectivity index (χ2n) is 4.55. The maximum absolute atomic E-state index is 12.3. The summed E-state index contributed by atoms with van der Waals surface area (Å²) >= 11 is 0. The second-order valence-corrected chi connectivity index (χ2v) is 4.55. The molecule has 0 atom stereocenters. The fourth-order valence-electron chi connectivity index (χ4n) is 2.22. The molecule has 0 aliphatic heterocycles. The van der Waals surface area contributed by atoms with E-state index in [4.69, 9.17) is 9.15 Å². The summed E-state index contributed by atoms with van der Waals surface area (Å²) in [5.74, 6) is -0.247. The number of rotatable bonds is 2. The molecule has 4 nitrogen and oxygen atoms in total. The Hall–Kier alpha value is -2.88. The quantitative estimate of drug-likeness (QED) is 0.533. The Morgan fingerprint density at radius 1 is 1.00 bits per heavy atom. The average Bonchev–Trinajstić information content (AvgIpc) is 2.47. The summed E-state index contributed by atoms with van der Waals surface area (Å²) in [4.78, 5) is 23.7. The van der Waals surface area contributed by atoms with E-state index in [-0.39, 0.29) is 11.3 Å². The highest BCUT2D eigenvalue weighted by molar-refractivity contribution is 5.92. The molecule has 0 aliphatic rings. The molecule has 4 heteroatoms. The van der Waals surface area contributed by atoms with Crippen LogP contribution in [0.25, 0.3) is 22.1 Å². The van der Waals surface area contributed by atoms with Crippen molar-refractivity contribution in [1.82, 2.24) is 0 Å². The Kier molecular flexibility index (Phi) is 3.28. The molecule has 0 fully saturated rings. The van der Waals surface area contributed by atoms with Gasteiger partial charge in [-0.25, -0.2) is 4.79 Å². The van der Waals surface area contributed by atoms with Crippen molar-refractivity contribution in [2.45, 2.75) is 6.92 Å². The first-order chi connectivity index (χ1) is 10.2. The van der Waals surface area contributed by atoms with Crippen molar-refractivity contribution in [3.8, 4) is 16.9 Å². The van der Waals surface area contributed by atoms with Gasteiger partial charge in [-0.1, -0.05) is 42.5 Å². The van der Waals surface area contributed by atoms with Gasteiger partial charge in [0.1, 0.15) is 11.1 Å². The third kappa shape index (κ3) is 2.43. The number of carbonyl (C=O) groups excluding carboxylic acids is 1. The first kappa shape index (κ1) is 13.1. The van der Waals surface area contributed by atoms with E-state index >= 15 is 0 Å². The van der Waals surface area contributed by atoms with Crippen LogP contribution in [0.3, 0.4) is 0 Å². The van der Waals surface area contributed by atoms with Gasteiger partial charge in [-0.15, -0.1) is 0 Å². The standard InChI is InChI=1S/C17H12O4/c1-11(18)20-16-13-9-5-6-10-14(13)21-17(19)15(16)12-7-3-2-4-8-12/h2-10H,1H3. The molecule has 0 amide bonds. The topological polar surface area (TPSA) is 56.5 Å². The number of para-hydroxylation sites is 1. The molecule has 2 aromatic carbocycles. The monoisotopic (exact) mass is 280 g/mol. The highest BCUT2D eigenvalue weighted by Gasteiger charge is 2.18. The minimum Gasteiger partial charge on any atom is -0.425 e. The summed E-state index contributed by atoms with van der Waals surface area (Å²) in [5.41, 5.74) is 0.757. The minimum absolute atomic E-state index is 0.237. The first-order valence-corrected chi connectivity index (χ1v) is 6.46. The van der Waals surface area contributed by atoms with Crippen LogP contribution in [0.2, 0.25) is 0 Å². The maximum Gasteiger partial charge on any atom is 0.348 e. The zero-order chi connectivity index (χ0) is 14.8. The van der Waals surface area contributed by atoms with Gasteiger partial charge in [0, 0.05) is 6.92 Å². The van der Waals surface area contributed by atoms with Gasteiger partial charge < -0.3 is 9.15 Å². The van der Waals surface area contributed by atoms with Crippen molar-refractivity contribution < 1.29 is 13.9 Å². The molecule has 3 aromatic rings. The number of fused-ring (bicyclic) bond motifs is 1. The Labute approximate surface area is 120 Å². The van der Waals surface area contributed by atoms with Gasteiger partial charge in [-0.3, -0.25) is 4.79 Å². The smallest absolute Gasteiger partial charge is 0.348 e. The van der Waals surface area contributed by atoms with Crippen LogP contribution < -0.4 is 10.4 Å². The number of hydrogen-bond acceptors (Lipinski definition) is 4. The van der Waals surface area contributed by atoms with Crippen LogP contribution in [0.4, 0.5) is 0 Å². The summed E-state index contributed by atoms with van der Waals surface area (Å²) in [6, 6.07) is 16.0. The molecule has 0 spiro atoms. The largest absolute Gasteiger partial charge is 0.425 e. The van der Waals surface area contributed by atoms with E-state index in [1.54, 1.807) is 36.4 Å². The van der Waals surface area contributed by atoms with E-state index in [9.17, 15) is 9.59 Å². The normalized spacial score (nSPS) is 10.5. The van der Waals surface area contributed by atoms with E-state index < -0.39 is 11.6 Å². The molecule has 1 aromatic heterocycles. The summed E-state index contributed by atoms with van der Waals surface area (Å²) in [7, 11) is 0. The molecular weight excluding hydrogens is 268 g/mol. The summed E-state index contributed by atoms with van der Waals surface area (Å²) < 4.78 is 10.6. The van der Waals surface area contributed by atoms with Crippen LogP contribution >= 0.6 is 0 Å². The van der Waals surface area contributed by atoms with Crippen LogP contribution in [0, 0.1) is 0 Å². The lowest BCUT2D eigenvalue weighted by Crippen LogP contribution is -2.10. The number of esters is 1. The van der Waals surface area contributed by atoms with Crippen molar-refractivity contribution >= 4 is 16.9 Å². The fourth-order valence-corrected chi connectivity index (χ4v) is 2.22. The highest BCUT2D eigenvalue weighted by Crippen LogP contribution is 2.34. The van der Waals surface area contributed by atoms with Crippen LogP contribution in [0.5, 0.6) is 5.75 Å². The van der Waals surface area contributed by atoms with Crippen molar-refractivity contribution in [1.29, 1.82) is 0 Å². The molecule has 0 N–H and O–H groups in total. The van der Waals surface area contributed by atoms with Gasteiger partial charge in [0.05, 0.1) is 5.39 Å². The van der Waals surface area contributed by atoms with Crippen molar-refractivity contribution in [2.24, 2.45) is 0 Å². The summed E-state index contributed by atoms with van der Waals surface area (Å²) in [6.07, 6.45) is 0.